The van der Waals surface area contributed by atoms with Crippen LogP contribution in [0.4, 0.5) is 0 Å². The van der Waals surface area contributed by atoms with Gasteiger partial charge < -0.3 is 4.90 Å². The predicted molar refractivity (Wildman–Crippen MR) is 74.0 cm³/mol. The molecule has 2 heteroatoms. The van der Waals surface area contributed by atoms with Crippen molar-refractivity contribution in [3.05, 3.63) is 0 Å². The molecule has 0 heterocycles. The van der Waals surface area contributed by atoms with Crippen molar-refractivity contribution < 1.29 is 0 Å². The van der Waals surface area contributed by atoms with E-state index in [4.69, 9.17) is 0 Å². The number of rotatable bonds is 5. The fraction of sp³-hybridized carbons (Fsp3) is 1.00. The molecule has 0 spiro atoms. The van der Waals surface area contributed by atoms with Gasteiger partial charge in [-0.3, -0.25) is 4.90 Å². The molecule has 0 aromatic rings. The van der Waals surface area contributed by atoms with E-state index in [1.54, 1.807) is 0 Å². The Morgan fingerprint density at radius 3 is 1.69 bits per heavy atom. The molecule has 0 bridgehead atoms. The van der Waals surface area contributed by atoms with Crippen molar-refractivity contribution in [3.8, 4) is 0 Å². The van der Waals surface area contributed by atoms with Crippen molar-refractivity contribution >= 4 is 0 Å². The Balaban J connectivity index is 4.23. The highest BCUT2D eigenvalue weighted by atomic mass is 15.2. The topological polar surface area (TPSA) is 6.48 Å². The Labute approximate surface area is 103 Å². The lowest BCUT2D eigenvalue weighted by Crippen LogP contribution is -2.45. The minimum absolute atomic E-state index is 0.266. The van der Waals surface area contributed by atoms with Crippen molar-refractivity contribution in [1.82, 2.24) is 9.80 Å². The quantitative estimate of drug-likeness (QED) is 0.713. The smallest absolute Gasteiger partial charge is 0.0147 e. The van der Waals surface area contributed by atoms with Gasteiger partial charge in [0.05, 0.1) is 0 Å². The molecule has 16 heavy (non-hydrogen) atoms. The van der Waals surface area contributed by atoms with Crippen LogP contribution in [0.15, 0.2) is 0 Å². The summed E-state index contributed by atoms with van der Waals surface area (Å²) in [4.78, 5) is 4.79. The molecule has 0 aromatic carbocycles. The van der Waals surface area contributed by atoms with E-state index in [9.17, 15) is 0 Å². The largest absolute Gasteiger partial charge is 0.304 e. The van der Waals surface area contributed by atoms with E-state index in [2.05, 4.69) is 72.5 Å². The molecule has 0 radical (unpaired) electrons. The molecule has 0 saturated carbocycles. The second-order valence-corrected chi connectivity index (χ2v) is 6.88. The Kier molecular flexibility index (Phi) is 5.48. The van der Waals surface area contributed by atoms with Gasteiger partial charge in [0.2, 0.25) is 0 Å². The predicted octanol–water partition coefficient (Wildman–Crippen LogP) is 3.23. The van der Waals surface area contributed by atoms with Crippen molar-refractivity contribution in [3.63, 3.8) is 0 Å². The summed E-state index contributed by atoms with van der Waals surface area (Å²) in [6, 6.07) is 0.638. The normalized spacial score (nSPS) is 15.9. The summed E-state index contributed by atoms with van der Waals surface area (Å²) in [5.74, 6) is 0. The first-order valence-electron chi connectivity index (χ1n) is 6.39. The van der Waals surface area contributed by atoms with E-state index >= 15 is 0 Å². The van der Waals surface area contributed by atoms with E-state index in [-0.39, 0.29) is 5.54 Å². The van der Waals surface area contributed by atoms with Crippen LogP contribution < -0.4 is 0 Å². The fourth-order valence-corrected chi connectivity index (χ4v) is 1.64. The van der Waals surface area contributed by atoms with Crippen LogP contribution in [-0.4, -0.2) is 48.1 Å². The van der Waals surface area contributed by atoms with Crippen LogP contribution in [0.5, 0.6) is 0 Å². The zero-order valence-corrected chi connectivity index (χ0v) is 12.9. The molecular formula is C14H32N2. The van der Waals surface area contributed by atoms with Gasteiger partial charge in [0.25, 0.3) is 0 Å². The molecule has 0 aromatic heterocycles. The van der Waals surface area contributed by atoms with Crippen molar-refractivity contribution in [1.29, 1.82) is 0 Å². The minimum atomic E-state index is 0.266. The van der Waals surface area contributed by atoms with Crippen LogP contribution in [0.2, 0.25) is 0 Å². The molecule has 0 amide bonds. The van der Waals surface area contributed by atoms with Crippen LogP contribution in [0.25, 0.3) is 0 Å². The van der Waals surface area contributed by atoms with Crippen molar-refractivity contribution in [2.75, 3.05) is 21.1 Å². The Hall–Kier alpha value is -0.0800. The molecule has 98 valence electrons. The van der Waals surface area contributed by atoms with Crippen LogP contribution in [0.3, 0.4) is 0 Å². The van der Waals surface area contributed by atoms with Gasteiger partial charge in [-0.1, -0.05) is 0 Å². The standard InChI is InChI=1S/C14H32N2/c1-12(16(9)13(2,3)4)10-11-14(5,6)15(7)8/h12H,10-11H2,1-9H3. The number of nitrogens with zero attached hydrogens (tertiary/aromatic N) is 2. The van der Waals surface area contributed by atoms with Crippen molar-refractivity contribution in [2.45, 2.75) is 71.5 Å². The fourth-order valence-electron chi connectivity index (χ4n) is 1.64. The lowest BCUT2D eigenvalue weighted by Gasteiger charge is -2.39. The average Bonchev–Trinajstić information content (AvgIpc) is 2.11. The third-order valence-electron chi connectivity index (χ3n) is 4.10. The van der Waals surface area contributed by atoms with Crippen LogP contribution >= 0.6 is 0 Å². The molecule has 1 atom stereocenters. The van der Waals surface area contributed by atoms with Gasteiger partial charge in [-0.2, -0.15) is 0 Å². The lowest BCUT2D eigenvalue weighted by molar-refractivity contribution is 0.100. The lowest BCUT2D eigenvalue weighted by atomic mass is 9.93. The zero-order chi connectivity index (χ0) is 13.1. The SMILES string of the molecule is CC(CCC(C)(C)N(C)C)N(C)C(C)(C)C. The second kappa shape index (κ2) is 5.50. The van der Waals surface area contributed by atoms with Gasteiger partial charge in [0.15, 0.2) is 0 Å². The van der Waals surface area contributed by atoms with E-state index in [1.165, 1.54) is 12.8 Å². The summed E-state index contributed by atoms with van der Waals surface area (Å²) in [6.45, 7) is 13.8. The van der Waals surface area contributed by atoms with Crippen LogP contribution in [0.1, 0.15) is 54.4 Å². The maximum absolute atomic E-state index is 2.47. The van der Waals surface area contributed by atoms with E-state index in [0.29, 0.717) is 11.6 Å². The summed E-state index contributed by atoms with van der Waals surface area (Å²) in [7, 11) is 6.56. The minimum Gasteiger partial charge on any atom is -0.304 e. The monoisotopic (exact) mass is 228 g/mol. The van der Waals surface area contributed by atoms with E-state index in [0.717, 1.165) is 0 Å². The van der Waals surface area contributed by atoms with Gasteiger partial charge in [-0.25, -0.2) is 0 Å². The molecule has 1 unspecified atom stereocenters. The molecule has 0 aliphatic rings. The Morgan fingerprint density at radius 1 is 0.938 bits per heavy atom. The third-order valence-corrected chi connectivity index (χ3v) is 4.10. The Morgan fingerprint density at radius 2 is 1.38 bits per heavy atom. The van der Waals surface area contributed by atoms with E-state index < -0.39 is 0 Å². The summed E-state index contributed by atoms with van der Waals surface area (Å²) in [5.41, 5.74) is 0.564. The third kappa shape index (κ3) is 4.84. The molecule has 0 N–H and O–H groups in total. The first-order valence-corrected chi connectivity index (χ1v) is 6.39. The molecule has 0 fully saturated rings. The Bertz CT molecular complexity index is 201. The van der Waals surface area contributed by atoms with Gasteiger partial charge >= 0.3 is 0 Å². The number of hydrogen-bond acceptors (Lipinski definition) is 2. The molecular weight excluding hydrogens is 196 g/mol. The molecule has 0 rings (SSSR count). The maximum Gasteiger partial charge on any atom is 0.0147 e. The van der Waals surface area contributed by atoms with Gasteiger partial charge in [0.1, 0.15) is 0 Å². The molecule has 0 aliphatic heterocycles. The molecule has 0 saturated heterocycles. The number of hydrogen-bond donors (Lipinski definition) is 0. The van der Waals surface area contributed by atoms with Crippen molar-refractivity contribution in [2.24, 2.45) is 0 Å². The average molecular weight is 228 g/mol. The first kappa shape index (κ1) is 15.9. The van der Waals surface area contributed by atoms with E-state index in [1.807, 2.05) is 0 Å². The summed E-state index contributed by atoms with van der Waals surface area (Å²) >= 11 is 0. The maximum atomic E-state index is 2.47. The van der Waals surface area contributed by atoms with Gasteiger partial charge in [-0.05, 0) is 75.5 Å². The molecule has 0 aliphatic carbocycles. The van der Waals surface area contributed by atoms with Gasteiger partial charge in [-0.15, -0.1) is 0 Å². The summed E-state index contributed by atoms with van der Waals surface area (Å²) in [5, 5.41) is 0. The second-order valence-electron chi connectivity index (χ2n) is 6.88. The summed E-state index contributed by atoms with van der Waals surface area (Å²) < 4.78 is 0. The molecule has 2 nitrogen and oxygen atoms in total. The van der Waals surface area contributed by atoms with Crippen LogP contribution in [-0.2, 0) is 0 Å². The highest BCUT2D eigenvalue weighted by molar-refractivity contribution is 4.82. The summed E-state index contributed by atoms with van der Waals surface area (Å²) in [6.07, 6.45) is 2.49. The van der Waals surface area contributed by atoms with Gasteiger partial charge in [0, 0.05) is 17.1 Å². The zero-order valence-electron chi connectivity index (χ0n) is 12.9. The highest BCUT2D eigenvalue weighted by Gasteiger charge is 2.25. The highest BCUT2D eigenvalue weighted by Crippen LogP contribution is 2.22. The van der Waals surface area contributed by atoms with Crippen LogP contribution in [0, 0.1) is 0 Å². The first-order chi connectivity index (χ1) is 6.98.